The standard InChI is InChI=1S/C19H17ClN4O/c1-12-10-14(6-7-15(12)20)25-19-17(21)18(22-11-23-19)24-9-8-13-4-2-3-5-16(13)24/h2-7,10-11H,8-9,21H2,1H3. The van der Waals surface area contributed by atoms with E-state index in [1.165, 1.54) is 11.9 Å². The topological polar surface area (TPSA) is 64.3 Å². The number of aryl methyl sites for hydroxylation is 1. The van der Waals surface area contributed by atoms with Crippen LogP contribution in [0.1, 0.15) is 11.1 Å². The third-order valence-electron chi connectivity index (χ3n) is 4.31. The average molecular weight is 353 g/mol. The molecule has 0 unspecified atom stereocenters. The average Bonchev–Trinajstić information content (AvgIpc) is 3.04. The van der Waals surface area contributed by atoms with Gasteiger partial charge in [0, 0.05) is 17.3 Å². The van der Waals surface area contributed by atoms with Crippen molar-refractivity contribution >= 4 is 28.8 Å². The van der Waals surface area contributed by atoms with Crippen molar-refractivity contribution in [2.24, 2.45) is 0 Å². The van der Waals surface area contributed by atoms with Gasteiger partial charge in [0.05, 0.1) is 0 Å². The lowest BCUT2D eigenvalue weighted by atomic mass is 10.2. The highest BCUT2D eigenvalue weighted by atomic mass is 35.5. The number of aromatic nitrogens is 2. The van der Waals surface area contributed by atoms with Gasteiger partial charge in [-0.05, 0) is 48.7 Å². The van der Waals surface area contributed by atoms with Gasteiger partial charge in [-0.1, -0.05) is 29.8 Å². The second-order valence-electron chi connectivity index (χ2n) is 5.96. The number of anilines is 3. The molecule has 6 heteroatoms. The highest BCUT2D eigenvalue weighted by Crippen LogP contribution is 2.39. The molecule has 25 heavy (non-hydrogen) atoms. The van der Waals surface area contributed by atoms with Gasteiger partial charge in [0.15, 0.2) is 5.82 Å². The number of nitrogens with zero attached hydrogens (tertiary/aromatic N) is 3. The number of ether oxygens (including phenoxy) is 1. The van der Waals surface area contributed by atoms with Crippen molar-refractivity contribution in [1.82, 2.24) is 9.97 Å². The van der Waals surface area contributed by atoms with Crippen LogP contribution in [0.25, 0.3) is 0 Å². The van der Waals surface area contributed by atoms with Gasteiger partial charge in [0.1, 0.15) is 17.8 Å². The number of para-hydroxylation sites is 1. The Balaban J connectivity index is 1.68. The first kappa shape index (κ1) is 15.7. The van der Waals surface area contributed by atoms with Crippen LogP contribution in [-0.4, -0.2) is 16.5 Å². The maximum atomic E-state index is 6.32. The molecular weight excluding hydrogens is 336 g/mol. The highest BCUT2D eigenvalue weighted by Gasteiger charge is 2.24. The van der Waals surface area contributed by atoms with E-state index in [1.54, 1.807) is 12.1 Å². The van der Waals surface area contributed by atoms with Crippen LogP contribution < -0.4 is 15.4 Å². The molecule has 2 aromatic carbocycles. The lowest BCUT2D eigenvalue weighted by molar-refractivity contribution is 0.464. The molecule has 5 nitrogen and oxygen atoms in total. The van der Waals surface area contributed by atoms with Crippen LogP contribution in [0, 0.1) is 6.92 Å². The Morgan fingerprint density at radius 3 is 2.84 bits per heavy atom. The first-order chi connectivity index (χ1) is 12.1. The molecule has 0 aliphatic carbocycles. The maximum absolute atomic E-state index is 6.32. The summed E-state index contributed by atoms with van der Waals surface area (Å²) in [5, 5.41) is 0.692. The minimum absolute atomic E-state index is 0.344. The summed E-state index contributed by atoms with van der Waals surface area (Å²) in [6, 6.07) is 13.7. The molecule has 1 aromatic heterocycles. The van der Waals surface area contributed by atoms with Crippen molar-refractivity contribution in [2.45, 2.75) is 13.3 Å². The van der Waals surface area contributed by atoms with Gasteiger partial charge in [-0.3, -0.25) is 0 Å². The van der Waals surface area contributed by atoms with Gasteiger partial charge in [-0.25, -0.2) is 4.98 Å². The Morgan fingerprint density at radius 2 is 2.00 bits per heavy atom. The number of fused-ring (bicyclic) bond motifs is 1. The molecule has 1 aliphatic rings. The summed E-state index contributed by atoms with van der Waals surface area (Å²) in [7, 11) is 0. The number of rotatable bonds is 3. The molecule has 126 valence electrons. The smallest absolute Gasteiger partial charge is 0.248 e. The predicted molar refractivity (Wildman–Crippen MR) is 99.9 cm³/mol. The number of hydrogen-bond acceptors (Lipinski definition) is 5. The van der Waals surface area contributed by atoms with Crippen LogP contribution in [-0.2, 0) is 6.42 Å². The molecule has 4 rings (SSSR count). The van der Waals surface area contributed by atoms with Crippen molar-refractivity contribution in [3.63, 3.8) is 0 Å². The Labute approximate surface area is 151 Å². The fraction of sp³-hybridized carbons (Fsp3) is 0.158. The summed E-state index contributed by atoms with van der Waals surface area (Å²) in [4.78, 5) is 10.7. The normalized spacial score (nSPS) is 13.0. The number of nitrogens with two attached hydrogens (primary N) is 1. The van der Waals surface area contributed by atoms with Gasteiger partial charge in [0.25, 0.3) is 0 Å². The minimum atomic E-state index is 0.344. The fourth-order valence-corrected chi connectivity index (χ4v) is 3.14. The second kappa shape index (κ2) is 6.26. The fourth-order valence-electron chi connectivity index (χ4n) is 3.02. The van der Waals surface area contributed by atoms with E-state index in [1.807, 2.05) is 25.1 Å². The molecule has 0 fully saturated rings. The Kier molecular flexibility index (Phi) is 3.93. The quantitative estimate of drug-likeness (QED) is 0.751. The van der Waals surface area contributed by atoms with Crippen molar-refractivity contribution < 1.29 is 4.74 Å². The van der Waals surface area contributed by atoms with Crippen LogP contribution >= 0.6 is 11.6 Å². The van der Waals surface area contributed by atoms with Crippen LogP contribution in [0.2, 0.25) is 5.02 Å². The zero-order valence-corrected chi connectivity index (χ0v) is 14.5. The maximum Gasteiger partial charge on any atom is 0.248 e. The molecule has 3 aromatic rings. The van der Waals surface area contributed by atoms with Crippen LogP contribution in [0.3, 0.4) is 0 Å². The summed E-state index contributed by atoms with van der Waals surface area (Å²) >= 11 is 6.06. The Morgan fingerprint density at radius 1 is 1.16 bits per heavy atom. The van der Waals surface area contributed by atoms with Crippen LogP contribution in [0.4, 0.5) is 17.2 Å². The third-order valence-corrected chi connectivity index (χ3v) is 4.74. The molecule has 2 heterocycles. The molecule has 0 saturated heterocycles. The Bertz CT molecular complexity index is 944. The van der Waals surface area contributed by atoms with Gasteiger partial charge < -0.3 is 15.4 Å². The van der Waals surface area contributed by atoms with Crippen LogP contribution in [0.15, 0.2) is 48.8 Å². The lowest BCUT2D eigenvalue weighted by Gasteiger charge is -2.20. The SMILES string of the molecule is Cc1cc(Oc2ncnc(N3CCc4ccccc43)c2N)ccc1Cl. The van der Waals surface area contributed by atoms with Crippen molar-refractivity contribution in [1.29, 1.82) is 0 Å². The number of benzene rings is 2. The van der Waals surface area contributed by atoms with E-state index in [-0.39, 0.29) is 0 Å². The molecule has 0 amide bonds. The third kappa shape index (κ3) is 2.87. The zero-order chi connectivity index (χ0) is 17.4. The van der Waals surface area contributed by atoms with E-state index in [9.17, 15) is 0 Å². The highest BCUT2D eigenvalue weighted by molar-refractivity contribution is 6.31. The van der Waals surface area contributed by atoms with Gasteiger partial charge in [0.2, 0.25) is 5.88 Å². The summed E-state index contributed by atoms with van der Waals surface area (Å²) < 4.78 is 5.87. The lowest BCUT2D eigenvalue weighted by Crippen LogP contribution is -2.17. The number of halogens is 1. The summed E-state index contributed by atoms with van der Waals surface area (Å²) in [5.41, 5.74) is 10.1. The van der Waals surface area contributed by atoms with Gasteiger partial charge >= 0.3 is 0 Å². The molecule has 0 bridgehead atoms. The summed E-state index contributed by atoms with van der Waals surface area (Å²) in [6.45, 7) is 2.76. The number of hydrogen-bond donors (Lipinski definition) is 1. The largest absolute Gasteiger partial charge is 0.437 e. The molecule has 1 aliphatic heterocycles. The van der Waals surface area contributed by atoms with E-state index in [0.29, 0.717) is 28.2 Å². The van der Waals surface area contributed by atoms with Crippen molar-refractivity contribution in [2.75, 3.05) is 17.2 Å². The zero-order valence-electron chi connectivity index (χ0n) is 13.7. The minimum Gasteiger partial charge on any atom is -0.437 e. The van der Waals surface area contributed by atoms with Gasteiger partial charge in [-0.15, -0.1) is 0 Å². The van der Waals surface area contributed by atoms with Crippen LogP contribution in [0.5, 0.6) is 11.6 Å². The van der Waals surface area contributed by atoms with Crippen molar-refractivity contribution in [3.8, 4) is 11.6 Å². The monoisotopic (exact) mass is 352 g/mol. The molecular formula is C19H17ClN4O. The van der Waals surface area contributed by atoms with E-state index < -0.39 is 0 Å². The molecule has 0 saturated carbocycles. The van der Waals surface area contributed by atoms with Crippen molar-refractivity contribution in [3.05, 3.63) is 64.9 Å². The summed E-state index contributed by atoms with van der Waals surface area (Å²) in [6.07, 6.45) is 2.44. The second-order valence-corrected chi connectivity index (χ2v) is 6.37. The molecule has 0 spiro atoms. The Hall–Kier alpha value is -2.79. The van der Waals surface area contributed by atoms with E-state index in [4.69, 9.17) is 22.1 Å². The molecule has 2 N–H and O–H groups in total. The first-order valence-corrected chi connectivity index (χ1v) is 8.41. The van der Waals surface area contributed by atoms with E-state index in [0.717, 1.165) is 24.2 Å². The van der Waals surface area contributed by atoms with Gasteiger partial charge in [-0.2, -0.15) is 4.98 Å². The molecule has 0 radical (unpaired) electrons. The van der Waals surface area contributed by atoms with E-state index >= 15 is 0 Å². The molecule has 0 atom stereocenters. The summed E-state index contributed by atoms with van der Waals surface area (Å²) in [5.74, 6) is 1.65. The number of nitrogen functional groups attached to an aromatic ring is 1. The van der Waals surface area contributed by atoms with E-state index in [2.05, 4.69) is 27.0 Å². The predicted octanol–water partition coefficient (Wildman–Crippen LogP) is 4.51. The first-order valence-electron chi connectivity index (χ1n) is 8.03.